The van der Waals surface area contributed by atoms with Gasteiger partial charge in [0.2, 0.25) is 11.8 Å². The molecule has 4 aliphatic heterocycles. The molecule has 27 heteroatoms. The van der Waals surface area contributed by atoms with Gasteiger partial charge in [-0.3, -0.25) is 9.59 Å². The molecule has 4 heterocycles. The molecule has 4 fully saturated rings. The van der Waals surface area contributed by atoms with E-state index in [2.05, 4.69) is 10.6 Å². The monoisotopic (exact) mass is 852 g/mol. The van der Waals surface area contributed by atoms with E-state index in [-0.39, 0.29) is 0 Å². The highest BCUT2D eigenvalue weighted by molar-refractivity contribution is 5.78. The number of aliphatic carboxylic acids is 1. The van der Waals surface area contributed by atoms with E-state index in [1.54, 1.807) is 0 Å². The van der Waals surface area contributed by atoms with Crippen molar-refractivity contribution < 1.29 is 124 Å². The molecule has 58 heavy (non-hydrogen) atoms. The van der Waals surface area contributed by atoms with Gasteiger partial charge in [0.25, 0.3) is 5.79 Å². The SMILES string of the molecule is CC(=O)N[C@H]1[C@H](O[C@H]2[C@@H](O)[C@H](O)[C@@H](CO)O[C@@H]2O)O[C@H](CO)[C@@H](O[C@@H]2O[C@H](CO)[C@H](O)[C@H](O[C@]3(C(=O)O)C[C@H](O)[C@@H](NC(=O)CO)[C@H]([C@H](O)[C@H](O)CO)O3)[C@H]2O)[C@@H]1O. The zero-order valence-electron chi connectivity index (χ0n) is 30.6. The van der Waals surface area contributed by atoms with Gasteiger partial charge in [-0.2, -0.15) is 0 Å². The molecule has 0 aromatic carbocycles. The van der Waals surface area contributed by atoms with Crippen LogP contribution in [0.4, 0.5) is 0 Å². The topological polar surface area (TPSA) is 443 Å². The number of carboxylic acid groups (broad SMARTS) is 1. The minimum Gasteiger partial charge on any atom is -0.477 e. The number of carbonyl (C=O) groups is 3. The lowest BCUT2D eigenvalue weighted by Crippen LogP contribution is -2.71. The Morgan fingerprint density at radius 3 is 1.84 bits per heavy atom. The summed E-state index contributed by atoms with van der Waals surface area (Å²) in [4.78, 5) is 37.0. The minimum absolute atomic E-state index is 0.813. The van der Waals surface area contributed by atoms with Gasteiger partial charge in [0.1, 0.15) is 98.1 Å². The fraction of sp³-hybridized carbons (Fsp3) is 0.903. The zero-order valence-corrected chi connectivity index (χ0v) is 30.6. The lowest BCUT2D eigenvalue weighted by atomic mass is 9.88. The van der Waals surface area contributed by atoms with Gasteiger partial charge < -0.3 is 120 Å². The molecule has 27 nitrogen and oxygen atoms in total. The van der Waals surface area contributed by atoms with Gasteiger partial charge in [-0.25, -0.2) is 4.79 Å². The standard InChI is InChI=1S/C31H52N2O25/c1-8(39)32-16-20(46)23(13(6-37)54-28(16)56-26-21(47)18(44)11(4-35)52-27(26)49)55-29-22(48)25(19(45)12(5-36)53-29)58-31(30(50)51)2-9(40)15(33-14(42)7-38)24(57-31)17(43)10(41)3-34/h9-13,15-29,34-38,40-41,43-49H,2-7H2,1H3,(H,32,39)(H,33,42)(H,50,51)/t9-,10+,11+,12+,13+,15+,16+,17+,18+,19-,20+,21-,22+,23+,24+,25-,26-,27-,28-,29-,31-/m0/s1. The molecule has 2 amide bonds. The number of ether oxygens (including phenoxy) is 7. The van der Waals surface area contributed by atoms with Crippen molar-refractivity contribution in [3.63, 3.8) is 0 Å². The molecule has 4 saturated heterocycles. The highest BCUT2D eigenvalue weighted by atomic mass is 16.8. The highest BCUT2D eigenvalue weighted by Crippen LogP contribution is 2.39. The number of aliphatic hydroxyl groups excluding tert-OH is 14. The van der Waals surface area contributed by atoms with Crippen LogP contribution in [-0.2, 0) is 47.5 Å². The summed E-state index contributed by atoms with van der Waals surface area (Å²) in [5.41, 5.74) is 0. The van der Waals surface area contributed by atoms with Crippen molar-refractivity contribution in [2.45, 2.75) is 142 Å². The molecule has 21 atom stereocenters. The first-order valence-electron chi connectivity index (χ1n) is 17.9. The molecule has 336 valence electrons. The Morgan fingerprint density at radius 2 is 1.29 bits per heavy atom. The van der Waals surface area contributed by atoms with Crippen molar-refractivity contribution in [1.82, 2.24) is 10.6 Å². The van der Waals surface area contributed by atoms with Gasteiger partial charge in [-0.15, -0.1) is 0 Å². The summed E-state index contributed by atoms with van der Waals surface area (Å²) in [6.07, 6.45) is -36.8. The fourth-order valence-electron chi connectivity index (χ4n) is 7.04. The number of nitrogens with one attached hydrogen (secondary N) is 2. The van der Waals surface area contributed by atoms with E-state index in [1.807, 2.05) is 0 Å². The van der Waals surface area contributed by atoms with Gasteiger partial charge >= 0.3 is 5.97 Å². The Balaban J connectivity index is 1.63. The maximum atomic E-state index is 12.8. The van der Waals surface area contributed by atoms with Crippen LogP contribution in [0.15, 0.2) is 0 Å². The predicted molar refractivity (Wildman–Crippen MR) is 176 cm³/mol. The lowest BCUT2D eigenvalue weighted by molar-refractivity contribution is -0.387. The van der Waals surface area contributed by atoms with Crippen LogP contribution in [0.5, 0.6) is 0 Å². The Morgan fingerprint density at radius 1 is 0.707 bits per heavy atom. The van der Waals surface area contributed by atoms with Crippen molar-refractivity contribution in [3.8, 4) is 0 Å². The molecule has 0 radical (unpaired) electrons. The van der Waals surface area contributed by atoms with Crippen LogP contribution in [0.3, 0.4) is 0 Å². The maximum absolute atomic E-state index is 12.8. The second-order valence-corrected chi connectivity index (χ2v) is 14.1. The first-order valence-corrected chi connectivity index (χ1v) is 17.9. The molecule has 0 aliphatic carbocycles. The number of hydrogen-bond donors (Lipinski definition) is 17. The molecule has 0 aromatic rings. The van der Waals surface area contributed by atoms with Crippen LogP contribution < -0.4 is 10.6 Å². The molecule has 17 N–H and O–H groups in total. The number of rotatable bonds is 16. The second-order valence-electron chi connectivity index (χ2n) is 14.1. The summed E-state index contributed by atoms with van der Waals surface area (Å²) in [6.45, 7) is -4.20. The predicted octanol–water partition coefficient (Wildman–Crippen LogP) is -11.3. The zero-order chi connectivity index (χ0) is 43.4. The third-order valence-electron chi connectivity index (χ3n) is 10.1. The smallest absolute Gasteiger partial charge is 0.364 e. The fourth-order valence-corrected chi connectivity index (χ4v) is 7.04. The number of carboxylic acids is 1. The van der Waals surface area contributed by atoms with Crippen molar-refractivity contribution in [2.75, 3.05) is 33.0 Å². The van der Waals surface area contributed by atoms with Crippen LogP contribution in [0.25, 0.3) is 0 Å². The van der Waals surface area contributed by atoms with E-state index >= 15 is 0 Å². The molecule has 4 rings (SSSR count). The van der Waals surface area contributed by atoms with Crippen LogP contribution >= 0.6 is 0 Å². The molecule has 4 aliphatic rings. The third kappa shape index (κ3) is 10.2. The quantitative estimate of drug-likeness (QED) is 0.0685. The number of carbonyl (C=O) groups excluding carboxylic acids is 2. The Labute approximate surface area is 327 Å². The van der Waals surface area contributed by atoms with E-state index in [4.69, 9.17) is 33.2 Å². The van der Waals surface area contributed by atoms with Crippen LogP contribution in [0.1, 0.15) is 13.3 Å². The van der Waals surface area contributed by atoms with Crippen molar-refractivity contribution in [2.24, 2.45) is 0 Å². The second kappa shape index (κ2) is 20.4. The number of hydrogen-bond acceptors (Lipinski definition) is 24. The summed E-state index contributed by atoms with van der Waals surface area (Å²) in [5, 5.41) is 160. The average Bonchev–Trinajstić information content (AvgIpc) is 3.19. The summed E-state index contributed by atoms with van der Waals surface area (Å²) < 4.78 is 38.8. The van der Waals surface area contributed by atoms with Crippen molar-refractivity contribution >= 4 is 17.8 Å². The van der Waals surface area contributed by atoms with Gasteiger partial charge in [0.15, 0.2) is 18.9 Å². The number of aliphatic hydroxyl groups is 14. The van der Waals surface area contributed by atoms with E-state index in [1.165, 1.54) is 0 Å². The van der Waals surface area contributed by atoms with Gasteiger partial charge in [0.05, 0.1) is 38.6 Å². The van der Waals surface area contributed by atoms with E-state index in [9.17, 15) is 91.0 Å². The largest absolute Gasteiger partial charge is 0.477 e. The van der Waals surface area contributed by atoms with Crippen LogP contribution in [0, 0.1) is 0 Å². The van der Waals surface area contributed by atoms with Crippen LogP contribution in [-0.4, -0.2) is 256 Å². The molecule has 0 unspecified atom stereocenters. The third-order valence-corrected chi connectivity index (χ3v) is 10.1. The van der Waals surface area contributed by atoms with E-state index in [0.717, 1.165) is 6.92 Å². The molecule has 0 aromatic heterocycles. The number of amides is 2. The first-order chi connectivity index (χ1) is 27.3. The summed E-state index contributed by atoms with van der Waals surface area (Å²) in [6, 6.07) is -3.47. The summed E-state index contributed by atoms with van der Waals surface area (Å²) >= 11 is 0. The molecular formula is C31H52N2O25. The van der Waals surface area contributed by atoms with Crippen molar-refractivity contribution in [1.29, 1.82) is 0 Å². The van der Waals surface area contributed by atoms with E-state index in [0.29, 0.717) is 0 Å². The van der Waals surface area contributed by atoms with E-state index < -0.39 is 186 Å². The van der Waals surface area contributed by atoms with Gasteiger partial charge in [0, 0.05) is 13.3 Å². The van der Waals surface area contributed by atoms with Gasteiger partial charge in [-0.1, -0.05) is 0 Å². The van der Waals surface area contributed by atoms with Crippen LogP contribution in [0.2, 0.25) is 0 Å². The first kappa shape index (κ1) is 48.2. The Bertz CT molecular complexity index is 1370. The lowest BCUT2D eigenvalue weighted by Gasteiger charge is -2.51. The summed E-state index contributed by atoms with van der Waals surface area (Å²) in [5.74, 6) is -7.22. The molecule has 0 spiro atoms. The minimum atomic E-state index is -3.18. The molecule has 0 bridgehead atoms. The Hall–Kier alpha value is -2.43. The highest BCUT2D eigenvalue weighted by Gasteiger charge is 2.60. The maximum Gasteiger partial charge on any atom is 0.364 e. The van der Waals surface area contributed by atoms with Gasteiger partial charge in [-0.05, 0) is 0 Å². The normalized spacial score (nSPS) is 44.5. The molecular weight excluding hydrogens is 800 g/mol. The molecule has 0 saturated carbocycles. The average molecular weight is 853 g/mol. The van der Waals surface area contributed by atoms with Crippen molar-refractivity contribution in [3.05, 3.63) is 0 Å². The Kier molecular flexibility index (Phi) is 17.0. The summed E-state index contributed by atoms with van der Waals surface area (Å²) in [7, 11) is 0.